The van der Waals surface area contributed by atoms with Gasteiger partial charge in [0.25, 0.3) is 0 Å². The first-order valence-corrected chi connectivity index (χ1v) is 8.61. The first kappa shape index (κ1) is 17.7. The van der Waals surface area contributed by atoms with Crippen molar-refractivity contribution in [1.29, 1.82) is 0 Å². The molecule has 1 aliphatic rings. The summed E-state index contributed by atoms with van der Waals surface area (Å²) in [4.78, 5) is 12.0. The maximum Gasteiger partial charge on any atom is 0.223 e. The van der Waals surface area contributed by atoms with E-state index >= 15 is 0 Å². The molecule has 0 unspecified atom stereocenters. The van der Waals surface area contributed by atoms with E-state index < -0.39 is 0 Å². The van der Waals surface area contributed by atoms with Crippen LogP contribution in [0.1, 0.15) is 12.0 Å². The van der Waals surface area contributed by atoms with Crippen molar-refractivity contribution in [3.8, 4) is 17.2 Å². The summed E-state index contributed by atoms with van der Waals surface area (Å²) in [7, 11) is 0. The minimum Gasteiger partial charge on any atom is -0.493 e. The molecule has 2 aromatic carbocycles. The maximum absolute atomic E-state index is 12.0. The first-order valence-electron chi connectivity index (χ1n) is 7.85. The van der Waals surface area contributed by atoms with Crippen LogP contribution in [-0.4, -0.2) is 25.7 Å². The number of nitrogens with one attached hydrogen (secondary N) is 1. The summed E-state index contributed by atoms with van der Waals surface area (Å²) >= 11 is 11.8. The predicted octanol–water partition coefficient (Wildman–Crippen LogP) is 3.85. The molecular formula is C18H17Cl2NO4. The van der Waals surface area contributed by atoms with Gasteiger partial charge < -0.3 is 19.5 Å². The first-order chi connectivity index (χ1) is 12.1. The molecule has 1 aliphatic heterocycles. The van der Waals surface area contributed by atoms with Crippen molar-refractivity contribution < 1.29 is 19.0 Å². The molecule has 0 bridgehead atoms. The van der Waals surface area contributed by atoms with Gasteiger partial charge in [-0.25, -0.2) is 0 Å². The fourth-order valence-corrected chi connectivity index (χ4v) is 2.67. The molecule has 1 N–H and O–H groups in total. The SMILES string of the molecule is O=C(CCOc1ccc(Cl)c(Cl)c1)NCc1cccc2c1OCCO2. The van der Waals surface area contributed by atoms with E-state index in [1.165, 1.54) is 0 Å². The van der Waals surface area contributed by atoms with E-state index in [1.54, 1.807) is 18.2 Å². The summed E-state index contributed by atoms with van der Waals surface area (Å²) in [6, 6.07) is 10.6. The van der Waals surface area contributed by atoms with E-state index in [9.17, 15) is 4.79 Å². The molecule has 0 saturated carbocycles. The van der Waals surface area contributed by atoms with Gasteiger partial charge in [0.2, 0.25) is 5.91 Å². The predicted molar refractivity (Wildman–Crippen MR) is 95.9 cm³/mol. The van der Waals surface area contributed by atoms with Crippen molar-refractivity contribution >= 4 is 29.1 Å². The molecule has 0 aliphatic carbocycles. The number of amides is 1. The van der Waals surface area contributed by atoms with Gasteiger partial charge in [-0.1, -0.05) is 35.3 Å². The van der Waals surface area contributed by atoms with Gasteiger partial charge in [-0.15, -0.1) is 0 Å². The van der Waals surface area contributed by atoms with Crippen molar-refractivity contribution in [1.82, 2.24) is 5.32 Å². The highest BCUT2D eigenvalue weighted by molar-refractivity contribution is 6.42. The van der Waals surface area contributed by atoms with Gasteiger partial charge in [0.15, 0.2) is 11.5 Å². The zero-order valence-electron chi connectivity index (χ0n) is 13.4. The summed E-state index contributed by atoms with van der Waals surface area (Å²) < 4.78 is 16.7. The van der Waals surface area contributed by atoms with Crippen molar-refractivity contribution in [2.75, 3.05) is 19.8 Å². The summed E-state index contributed by atoms with van der Waals surface area (Å²) in [6.45, 7) is 1.67. The third kappa shape index (κ3) is 4.71. The quantitative estimate of drug-likeness (QED) is 0.825. The van der Waals surface area contributed by atoms with Crippen LogP contribution in [0.3, 0.4) is 0 Å². The van der Waals surface area contributed by atoms with Crippen molar-refractivity contribution in [2.24, 2.45) is 0 Å². The number of carbonyl (C=O) groups is 1. The number of carbonyl (C=O) groups excluding carboxylic acids is 1. The van der Waals surface area contributed by atoms with Gasteiger partial charge in [-0.3, -0.25) is 4.79 Å². The van der Waals surface area contributed by atoms with E-state index in [0.29, 0.717) is 47.1 Å². The largest absolute Gasteiger partial charge is 0.493 e. The second-order valence-electron chi connectivity index (χ2n) is 5.39. The second kappa shape index (κ2) is 8.32. The van der Waals surface area contributed by atoms with Crippen molar-refractivity contribution in [2.45, 2.75) is 13.0 Å². The molecule has 0 radical (unpaired) electrons. The Balaban J connectivity index is 1.46. The Kier molecular flexibility index (Phi) is 5.89. The normalized spacial score (nSPS) is 12.6. The number of fused-ring (bicyclic) bond motifs is 1. The zero-order chi connectivity index (χ0) is 17.6. The molecule has 5 nitrogen and oxygen atoms in total. The van der Waals surface area contributed by atoms with E-state index in [1.807, 2.05) is 18.2 Å². The van der Waals surface area contributed by atoms with Crippen LogP contribution in [0.25, 0.3) is 0 Å². The number of benzene rings is 2. The zero-order valence-corrected chi connectivity index (χ0v) is 14.9. The number of para-hydroxylation sites is 1. The Labute approximate surface area is 155 Å². The molecule has 0 spiro atoms. The molecule has 1 amide bonds. The molecule has 0 saturated heterocycles. The van der Waals surface area contributed by atoms with Gasteiger partial charge in [-0.2, -0.15) is 0 Å². The number of hydrogen-bond donors (Lipinski definition) is 1. The molecule has 0 aromatic heterocycles. The van der Waals surface area contributed by atoms with Crippen LogP contribution in [0.15, 0.2) is 36.4 Å². The lowest BCUT2D eigenvalue weighted by molar-refractivity contribution is -0.121. The monoisotopic (exact) mass is 381 g/mol. The maximum atomic E-state index is 12.0. The summed E-state index contributed by atoms with van der Waals surface area (Å²) in [6.07, 6.45) is 0.229. The highest BCUT2D eigenvalue weighted by Crippen LogP contribution is 2.33. The second-order valence-corrected chi connectivity index (χ2v) is 6.21. The van der Waals surface area contributed by atoms with Crippen molar-refractivity contribution in [3.63, 3.8) is 0 Å². The van der Waals surface area contributed by atoms with E-state index in [-0.39, 0.29) is 18.9 Å². The van der Waals surface area contributed by atoms with Crippen LogP contribution in [0.5, 0.6) is 17.2 Å². The van der Waals surface area contributed by atoms with Crippen LogP contribution < -0.4 is 19.5 Å². The molecule has 0 fully saturated rings. The lowest BCUT2D eigenvalue weighted by atomic mass is 10.1. The van der Waals surface area contributed by atoms with Crippen LogP contribution in [0.2, 0.25) is 10.0 Å². The highest BCUT2D eigenvalue weighted by atomic mass is 35.5. The van der Waals surface area contributed by atoms with E-state index in [0.717, 1.165) is 5.56 Å². The van der Waals surface area contributed by atoms with Gasteiger partial charge in [0.05, 0.1) is 23.1 Å². The van der Waals surface area contributed by atoms with E-state index in [2.05, 4.69) is 5.32 Å². The minimum absolute atomic E-state index is 0.116. The summed E-state index contributed by atoms with van der Waals surface area (Å²) in [5.74, 6) is 1.86. The lowest BCUT2D eigenvalue weighted by Gasteiger charge is -2.21. The van der Waals surface area contributed by atoms with Gasteiger partial charge in [0, 0.05) is 18.2 Å². The molecule has 132 valence electrons. The third-order valence-corrected chi connectivity index (χ3v) is 4.35. The standard InChI is InChI=1S/C18H17Cl2NO4/c19-14-5-4-13(10-15(14)20)23-7-6-17(22)21-11-12-2-1-3-16-18(12)25-9-8-24-16/h1-5,10H,6-9,11H2,(H,21,22). The van der Waals surface area contributed by atoms with Gasteiger partial charge >= 0.3 is 0 Å². The Morgan fingerprint density at radius 1 is 1.12 bits per heavy atom. The number of hydrogen-bond acceptors (Lipinski definition) is 4. The molecule has 2 aromatic rings. The summed E-state index contributed by atoms with van der Waals surface area (Å²) in [5, 5.41) is 3.73. The number of rotatable bonds is 6. The molecule has 7 heteroatoms. The minimum atomic E-state index is -0.116. The Bertz CT molecular complexity index is 767. The number of halogens is 2. The molecule has 1 heterocycles. The smallest absolute Gasteiger partial charge is 0.223 e. The average Bonchev–Trinajstić information content (AvgIpc) is 2.63. The van der Waals surface area contributed by atoms with Crippen molar-refractivity contribution in [3.05, 3.63) is 52.0 Å². The van der Waals surface area contributed by atoms with Crippen LogP contribution in [0, 0.1) is 0 Å². The Morgan fingerprint density at radius 2 is 1.96 bits per heavy atom. The fourth-order valence-electron chi connectivity index (χ4n) is 2.38. The van der Waals surface area contributed by atoms with E-state index in [4.69, 9.17) is 37.4 Å². The Hall–Kier alpha value is -2.11. The average molecular weight is 382 g/mol. The summed E-state index contributed by atoms with van der Waals surface area (Å²) in [5.41, 5.74) is 0.885. The van der Waals surface area contributed by atoms with Gasteiger partial charge in [-0.05, 0) is 18.2 Å². The Morgan fingerprint density at radius 3 is 2.80 bits per heavy atom. The molecule has 3 rings (SSSR count). The highest BCUT2D eigenvalue weighted by Gasteiger charge is 2.15. The molecular weight excluding hydrogens is 365 g/mol. The van der Waals surface area contributed by atoms with Crippen LogP contribution >= 0.6 is 23.2 Å². The van der Waals surface area contributed by atoms with Crippen LogP contribution in [-0.2, 0) is 11.3 Å². The lowest BCUT2D eigenvalue weighted by Crippen LogP contribution is -2.25. The van der Waals surface area contributed by atoms with Gasteiger partial charge in [0.1, 0.15) is 19.0 Å². The topological polar surface area (TPSA) is 56.8 Å². The molecule has 25 heavy (non-hydrogen) atoms. The van der Waals surface area contributed by atoms with Crippen LogP contribution in [0.4, 0.5) is 0 Å². The fraction of sp³-hybridized carbons (Fsp3) is 0.278. The third-order valence-electron chi connectivity index (χ3n) is 3.61. The number of ether oxygens (including phenoxy) is 3. The molecule has 0 atom stereocenters.